The maximum atomic E-state index is 13.3. The minimum absolute atomic E-state index is 0.0281. The number of anilines is 2. The molecule has 1 saturated carbocycles. The van der Waals surface area contributed by atoms with Gasteiger partial charge in [-0.1, -0.05) is 48.9 Å². The van der Waals surface area contributed by atoms with Crippen LogP contribution in [-0.4, -0.2) is 43.2 Å². The molecule has 0 bridgehead atoms. The zero-order chi connectivity index (χ0) is 29.4. The van der Waals surface area contributed by atoms with Gasteiger partial charge in [-0.05, 0) is 68.2 Å². The molecule has 2 aliphatic rings. The molecule has 2 aromatic heterocycles. The molecule has 0 amide bonds. The van der Waals surface area contributed by atoms with Gasteiger partial charge in [-0.2, -0.15) is 18.2 Å². The Labute approximate surface area is 241 Å². The van der Waals surface area contributed by atoms with Gasteiger partial charge in [-0.25, -0.2) is 14.8 Å². The molecule has 0 spiro atoms. The molecule has 220 valence electrons. The number of rotatable bonds is 8. The number of nitrogens with zero attached hydrogens (tertiary/aromatic N) is 5. The fourth-order valence-electron chi connectivity index (χ4n) is 6.04. The van der Waals surface area contributed by atoms with E-state index in [1.807, 2.05) is 22.8 Å². The summed E-state index contributed by atoms with van der Waals surface area (Å²) >= 11 is 0. The minimum Gasteiger partial charge on any atom is -0.475 e. The van der Waals surface area contributed by atoms with Gasteiger partial charge in [0.2, 0.25) is 11.8 Å². The Kier molecular flexibility index (Phi) is 7.51. The molecule has 42 heavy (non-hydrogen) atoms. The average molecular weight is 579 g/mol. The first-order valence-corrected chi connectivity index (χ1v) is 14.4. The minimum atomic E-state index is -4.43. The number of aromatic carboxylic acids is 1. The lowest BCUT2D eigenvalue weighted by Gasteiger charge is -2.37. The van der Waals surface area contributed by atoms with Crippen LogP contribution in [0.5, 0.6) is 0 Å². The lowest BCUT2D eigenvalue weighted by Crippen LogP contribution is -2.35. The summed E-state index contributed by atoms with van der Waals surface area (Å²) < 4.78 is 41.8. The normalized spacial score (nSPS) is 18.6. The van der Waals surface area contributed by atoms with Crippen LogP contribution in [-0.2, 0) is 12.7 Å². The summed E-state index contributed by atoms with van der Waals surface area (Å²) in [5.41, 5.74) is 1.86. The lowest BCUT2D eigenvalue weighted by molar-refractivity contribution is -0.137. The molecular formula is C31H33F3N6O2. The van der Waals surface area contributed by atoms with Crippen LogP contribution < -0.4 is 10.2 Å². The number of aromatic nitrogens is 4. The molecule has 8 nitrogen and oxygen atoms in total. The number of carbonyl (C=O) groups is 1. The summed E-state index contributed by atoms with van der Waals surface area (Å²) in [5.74, 6) is -0.200. The standard InChI is InChI=1S/C31H33F3N6O2/c1-19(21-10-7-11-21)35-26-25-27(37-28(36-26)29(41)42)38-30(39-17-6-5-12-24(39)22-8-3-2-4-9-22)40(25)18-20-13-15-23(16-14-20)31(32,33)34/h2-4,8-9,13-16,19,21,24H,5-7,10-12,17-18H2,1H3,(H,41,42)(H,35,36,37). The molecule has 4 aromatic rings. The van der Waals surface area contributed by atoms with Crippen molar-refractivity contribution < 1.29 is 23.1 Å². The Bertz CT molecular complexity index is 1570. The summed E-state index contributed by atoms with van der Waals surface area (Å²) in [6.07, 6.45) is 1.78. The molecule has 1 saturated heterocycles. The molecule has 1 aliphatic heterocycles. The zero-order valence-electron chi connectivity index (χ0n) is 23.3. The molecule has 2 N–H and O–H groups in total. The molecule has 1 aliphatic carbocycles. The van der Waals surface area contributed by atoms with E-state index in [1.54, 1.807) is 0 Å². The number of benzene rings is 2. The number of hydrogen-bond acceptors (Lipinski definition) is 6. The van der Waals surface area contributed by atoms with E-state index < -0.39 is 17.7 Å². The summed E-state index contributed by atoms with van der Waals surface area (Å²) in [4.78, 5) is 27.9. The number of carboxylic acid groups (broad SMARTS) is 1. The van der Waals surface area contributed by atoms with Crippen LogP contribution in [0.4, 0.5) is 24.9 Å². The van der Waals surface area contributed by atoms with Crippen LogP contribution in [0.25, 0.3) is 11.2 Å². The number of nitrogens with one attached hydrogen (secondary N) is 1. The van der Waals surface area contributed by atoms with Crippen LogP contribution in [0.3, 0.4) is 0 Å². The van der Waals surface area contributed by atoms with E-state index in [0.29, 0.717) is 28.8 Å². The highest BCUT2D eigenvalue weighted by Gasteiger charge is 2.33. The summed E-state index contributed by atoms with van der Waals surface area (Å²) in [6.45, 7) is 2.99. The molecule has 2 atom stereocenters. The molecule has 11 heteroatoms. The van der Waals surface area contributed by atoms with E-state index in [2.05, 4.69) is 39.2 Å². The first-order chi connectivity index (χ1) is 20.2. The number of fused-ring (bicyclic) bond motifs is 1. The Morgan fingerprint density at radius 3 is 2.38 bits per heavy atom. The molecular weight excluding hydrogens is 545 g/mol. The van der Waals surface area contributed by atoms with Gasteiger partial charge in [0.05, 0.1) is 18.2 Å². The van der Waals surface area contributed by atoms with Gasteiger partial charge in [0.15, 0.2) is 11.5 Å². The second kappa shape index (κ2) is 11.3. The SMILES string of the molecule is CC(Nc1nc(C(=O)O)nc2nc(N3CCCCC3c3ccccc3)n(Cc3ccc(C(F)(F)F)cc3)c12)C1CCC1. The van der Waals surface area contributed by atoms with Crippen molar-refractivity contribution in [2.45, 2.75) is 70.3 Å². The maximum absolute atomic E-state index is 13.3. The first-order valence-electron chi connectivity index (χ1n) is 14.4. The third-order valence-electron chi connectivity index (χ3n) is 8.56. The summed E-state index contributed by atoms with van der Waals surface area (Å²) in [5, 5.41) is 13.3. The van der Waals surface area contributed by atoms with Crippen molar-refractivity contribution in [3.8, 4) is 0 Å². The van der Waals surface area contributed by atoms with Crippen molar-refractivity contribution in [3.05, 3.63) is 77.1 Å². The van der Waals surface area contributed by atoms with Gasteiger partial charge in [-0.15, -0.1) is 0 Å². The van der Waals surface area contributed by atoms with Crippen LogP contribution in [0.2, 0.25) is 0 Å². The number of hydrogen-bond donors (Lipinski definition) is 2. The second-order valence-electron chi connectivity index (χ2n) is 11.3. The fraction of sp³-hybridized carbons (Fsp3) is 0.419. The highest BCUT2D eigenvalue weighted by Crippen LogP contribution is 2.39. The Morgan fingerprint density at radius 2 is 1.74 bits per heavy atom. The topological polar surface area (TPSA) is 96.2 Å². The summed E-state index contributed by atoms with van der Waals surface area (Å²) in [7, 11) is 0. The average Bonchev–Trinajstić information content (AvgIpc) is 3.30. The van der Waals surface area contributed by atoms with Crippen LogP contribution in [0.1, 0.15) is 78.8 Å². The van der Waals surface area contributed by atoms with Gasteiger partial charge >= 0.3 is 12.1 Å². The summed E-state index contributed by atoms with van der Waals surface area (Å²) in [6, 6.07) is 15.3. The van der Waals surface area contributed by atoms with Crippen LogP contribution in [0.15, 0.2) is 54.6 Å². The number of imidazole rings is 1. The van der Waals surface area contributed by atoms with Crippen molar-refractivity contribution >= 4 is 28.9 Å². The quantitative estimate of drug-likeness (QED) is 0.234. The fourth-order valence-corrected chi connectivity index (χ4v) is 6.04. The van der Waals surface area contributed by atoms with E-state index in [0.717, 1.165) is 62.8 Å². The van der Waals surface area contributed by atoms with Crippen LogP contribution in [0, 0.1) is 5.92 Å². The third-order valence-corrected chi connectivity index (χ3v) is 8.56. The Hall–Kier alpha value is -4.15. The van der Waals surface area contributed by atoms with Gasteiger partial charge in [-0.3, -0.25) is 0 Å². The monoisotopic (exact) mass is 578 g/mol. The van der Waals surface area contributed by atoms with Crippen molar-refractivity contribution in [1.29, 1.82) is 0 Å². The van der Waals surface area contributed by atoms with E-state index in [-0.39, 0.29) is 30.1 Å². The predicted octanol–water partition coefficient (Wildman–Crippen LogP) is 6.92. The molecule has 6 rings (SSSR count). The van der Waals surface area contributed by atoms with E-state index in [1.165, 1.54) is 12.1 Å². The van der Waals surface area contributed by atoms with E-state index >= 15 is 0 Å². The van der Waals surface area contributed by atoms with Gasteiger partial charge in [0.25, 0.3) is 0 Å². The maximum Gasteiger partial charge on any atom is 0.416 e. The number of piperidine rings is 1. The van der Waals surface area contributed by atoms with Crippen molar-refractivity contribution in [3.63, 3.8) is 0 Å². The van der Waals surface area contributed by atoms with E-state index in [9.17, 15) is 23.1 Å². The molecule has 3 heterocycles. The van der Waals surface area contributed by atoms with Crippen LogP contribution >= 0.6 is 0 Å². The number of carboxylic acids is 1. The molecule has 2 fully saturated rings. The van der Waals surface area contributed by atoms with Crippen molar-refractivity contribution in [2.24, 2.45) is 5.92 Å². The zero-order valence-corrected chi connectivity index (χ0v) is 23.3. The smallest absolute Gasteiger partial charge is 0.416 e. The van der Waals surface area contributed by atoms with E-state index in [4.69, 9.17) is 4.98 Å². The number of alkyl halides is 3. The molecule has 2 unspecified atom stereocenters. The van der Waals surface area contributed by atoms with Gasteiger partial charge < -0.3 is 19.9 Å². The van der Waals surface area contributed by atoms with Crippen molar-refractivity contribution in [1.82, 2.24) is 19.5 Å². The van der Waals surface area contributed by atoms with Crippen molar-refractivity contribution in [2.75, 3.05) is 16.8 Å². The number of halogens is 3. The third kappa shape index (κ3) is 5.52. The first kappa shape index (κ1) is 28.0. The van der Waals surface area contributed by atoms with Gasteiger partial charge in [0, 0.05) is 12.6 Å². The highest BCUT2D eigenvalue weighted by atomic mass is 19.4. The lowest BCUT2D eigenvalue weighted by atomic mass is 9.80. The Morgan fingerprint density at radius 1 is 1.00 bits per heavy atom. The predicted molar refractivity (Wildman–Crippen MR) is 154 cm³/mol. The highest BCUT2D eigenvalue weighted by molar-refractivity contribution is 5.92. The second-order valence-corrected chi connectivity index (χ2v) is 11.3. The molecule has 2 aromatic carbocycles. The Balaban J connectivity index is 1.51. The molecule has 0 radical (unpaired) electrons. The van der Waals surface area contributed by atoms with Gasteiger partial charge in [0.1, 0.15) is 5.52 Å². The largest absolute Gasteiger partial charge is 0.475 e.